The zero-order valence-corrected chi connectivity index (χ0v) is 13.7. The smallest absolute Gasteiger partial charge is 0.323 e. The lowest BCUT2D eigenvalue weighted by atomic mass is 9.98. The van der Waals surface area contributed by atoms with Gasteiger partial charge in [0, 0.05) is 6.54 Å². The molecule has 0 aliphatic carbocycles. The highest BCUT2D eigenvalue weighted by Gasteiger charge is 2.41. The first kappa shape index (κ1) is 17.3. The van der Waals surface area contributed by atoms with Gasteiger partial charge in [0.05, 0.1) is 24.8 Å². The maximum Gasteiger partial charge on any atom is 0.323 e. The Balaban J connectivity index is 2.63. The molecule has 8 nitrogen and oxygen atoms in total. The predicted octanol–water partition coefficient (Wildman–Crippen LogP) is 2.46. The van der Waals surface area contributed by atoms with E-state index in [4.69, 9.17) is 9.47 Å². The molecule has 1 aromatic carbocycles. The van der Waals surface area contributed by atoms with Gasteiger partial charge in [-0.25, -0.2) is 4.79 Å². The van der Waals surface area contributed by atoms with Crippen LogP contribution in [-0.4, -0.2) is 36.6 Å². The molecule has 1 atom stereocenters. The summed E-state index contributed by atoms with van der Waals surface area (Å²) in [4.78, 5) is 24.7. The molecule has 1 unspecified atom stereocenters. The third-order valence-corrected chi connectivity index (χ3v) is 3.76. The molecule has 24 heavy (non-hydrogen) atoms. The van der Waals surface area contributed by atoms with Crippen molar-refractivity contribution < 1.29 is 19.2 Å². The first-order valence-electron chi connectivity index (χ1n) is 7.20. The summed E-state index contributed by atoms with van der Waals surface area (Å²) >= 11 is 0. The number of ether oxygens (including phenoxy) is 2. The van der Waals surface area contributed by atoms with Crippen molar-refractivity contribution in [1.29, 1.82) is 0 Å². The molecule has 1 aliphatic heterocycles. The molecule has 1 heterocycles. The van der Waals surface area contributed by atoms with Gasteiger partial charge < -0.3 is 19.7 Å². The summed E-state index contributed by atoms with van der Waals surface area (Å²) in [7, 11) is 2.98. The predicted molar refractivity (Wildman–Crippen MR) is 87.4 cm³/mol. The average molecular weight is 333 g/mol. The van der Waals surface area contributed by atoms with Gasteiger partial charge in [0.2, 0.25) is 0 Å². The van der Waals surface area contributed by atoms with Crippen molar-refractivity contribution >= 4 is 6.03 Å². The largest absolute Gasteiger partial charge is 0.493 e. The normalized spacial score (nSPS) is 17.4. The molecular weight excluding hydrogens is 314 g/mol. The Morgan fingerprint density at radius 2 is 2.04 bits per heavy atom. The number of urea groups is 1. The molecule has 0 saturated carbocycles. The van der Waals surface area contributed by atoms with Crippen molar-refractivity contribution in [1.82, 2.24) is 10.2 Å². The molecule has 0 fully saturated rings. The Kier molecular flexibility index (Phi) is 5.08. The van der Waals surface area contributed by atoms with Crippen LogP contribution in [0.15, 0.2) is 42.2 Å². The van der Waals surface area contributed by atoms with Gasteiger partial charge in [0.1, 0.15) is 0 Å². The SMILES string of the molecule is C=CCN1C(=O)NC(C)=C([N+](=O)[O-])C1c1ccc(OC)c(OC)c1. The molecule has 1 N–H and O–H groups in total. The minimum absolute atomic E-state index is 0.0938. The lowest BCUT2D eigenvalue weighted by Crippen LogP contribution is -2.48. The van der Waals surface area contributed by atoms with Crippen molar-refractivity contribution in [3.05, 3.63) is 57.9 Å². The lowest BCUT2D eigenvalue weighted by Gasteiger charge is -2.33. The summed E-state index contributed by atoms with van der Waals surface area (Å²) in [6.45, 7) is 5.29. The van der Waals surface area contributed by atoms with Crippen molar-refractivity contribution in [3.63, 3.8) is 0 Å². The number of rotatable bonds is 6. The van der Waals surface area contributed by atoms with Crippen LogP contribution in [0.4, 0.5) is 4.79 Å². The zero-order valence-electron chi connectivity index (χ0n) is 13.7. The summed E-state index contributed by atoms with van der Waals surface area (Å²) < 4.78 is 10.5. The van der Waals surface area contributed by atoms with E-state index in [1.54, 1.807) is 18.2 Å². The van der Waals surface area contributed by atoms with Gasteiger partial charge in [-0.15, -0.1) is 6.58 Å². The fourth-order valence-electron chi connectivity index (χ4n) is 2.69. The minimum atomic E-state index is -0.855. The number of carbonyl (C=O) groups excluding carboxylic acids is 1. The van der Waals surface area contributed by atoms with Crippen LogP contribution in [0.2, 0.25) is 0 Å². The first-order chi connectivity index (χ1) is 11.4. The second-order valence-corrected chi connectivity index (χ2v) is 5.16. The van der Waals surface area contributed by atoms with Crippen LogP contribution < -0.4 is 14.8 Å². The van der Waals surface area contributed by atoms with Crippen LogP contribution in [0.25, 0.3) is 0 Å². The topological polar surface area (TPSA) is 93.9 Å². The zero-order chi connectivity index (χ0) is 17.9. The maximum atomic E-state index is 12.3. The molecular formula is C16H19N3O5. The van der Waals surface area contributed by atoms with Crippen molar-refractivity contribution in [3.8, 4) is 11.5 Å². The summed E-state index contributed by atoms with van der Waals surface area (Å²) in [6.07, 6.45) is 1.52. The van der Waals surface area contributed by atoms with Gasteiger partial charge in [-0.3, -0.25) is 10.1 Å². The van der Waals surface area contributed by atoms with Crippen LogP contribution in [-0.2, 0) is 0 Å². The van der Waals surface area contributed by atoms with E-state index in [0.29, 0.717) is 17.1 Å². The van der Waals surface area contributed by atoms with E-state index in [2.05, 4.69) is 11.9 Å². The molecule has 0 spiro atoms. The van der Waals surface area contributed by atoms with E-state index in [1.807, 2.05) is 0 Å². The molecule has 0 bridgehead atoms. The second kappa shape index (κ2) is 7.03. The molecule has 8 heteroatoms. The molecule has 0 aromatic heterocycles. The van der Waals surface area contributed by atoms with E-state index in [9.17, 15) is 14.9 Å². The van der Waals surface area contributed by atoms with E-state index in [1.165, 1.54) is 32.1 Å². The second-order valence-electron chi connectivity index (χ2n) is 5.16. The van der Waals surface area contributed by atoms with Crippen molar-refractivity contribution in [2.45, 2.75) is 13.0 Å². The Morgan fingerprint density at radius 1 is 1.38 bits per heavy atom. The highest BCUT2D eigenvalue weighted by atomic mass is 16.6. The summed E-state index contributed by atoms with van der Waals surface area (Å²) in [6, 6.07) is 3.69. The summed E-state index contributed by atoms with van der Waals surface area (Å²) in [5.41, 5.74) is 0.671. The Hall–Kier alpha value is -3.03. The Labute approximate surface area is 139 Å². The number of amides is 2. The number of allylic oxidation sites excluding steroid dienone is 1. The minimum Gasteiger partial charge on any atom is -0.493 e. The molecule has 1 aliphatic rings. The number of nitrogens with one attached hydrogen (secondary N) is 1. The van der Waals surface area contributed by atoms with Crippen molar-refractivity contribution in [2.24, 2.45) is 0 Å². The average Bonchev–Trinajstić information content (AvgIpc) is 2.55. The number of hydrogen-bond acceptors (Lipinski definition) is 5. The fourth-order valence-corrected chi connectivity index (χ4v) is 2.69. The third-order valence-electron chi connectivity index (χ3n) is 3.76. The fraction of sp³-hybridized carbons (Fsp3) is 0.312. The van der Waals surface area contributed by atoms with Gasteiger partial charge in [-0.05, 0) is 24.6 Å². The third kappa shape index (κ3) is 3.03. The highest BCUT2D eigenvalue weighted by molar-refractivity contribution is 5.79. The number of hydrogen-bond donors (Lipinski definition) is 1. The number of benzene rings is 1. The Bertz CT molecular complexity index is 714. The molecule has 0 saturated heterocycles. The van der Waals surface area contributed by atoms with Crippen LogP contribution in [0.5, 0.6) is 11.5 Å². The summed E-state index contributed by atoms with van der Waals surface area (Å²) in [5.74, 6) is 0.931. The monoisotopic (exact) mass is 333 g/mol. The van der Waals surface area contributed by atoms with Gasteiger partial charge in [0.15, 0.2) is 17.5 Å². The lowest BCUT2D eigenvalue weighted by molar-refractivity contribution is -0.435. The number of carbonyl (C=O) groups is 1. The van der Waals surface area contributed by atoms with E-state index in [-0.39, 0.29) is 17.9 Å². The standard InChI is InChI=1S/C16H19N3O5/c1-5-8-18-15(14(19(21)22)10(2)17-16(18)20)11-6-7-12(23-3)13(9-11)24-4/h5-7,9,15H,1,8H2,2-4H3,(H,17,20). The van der Waals surface area contributed by atoms with Gasteiger partial charge in [-0.2, -0.15) is 0 Å². The van der Waals surface area contributed by atoms with Crippen LogP contribution in [0.3, 0.4) is 0 Å². The van der Waals surface area contributed by atoms with E-state index < -0.39 is 17.0 Å². The molecule has 2 rings (SSSR count). The molecule has 2 amide bonds. The first-order valence-corrected chi connectivity index (χ1v) is 7.20. The van der Waals surface area contributed by atoms with E-state index >= 15 is 0 Å². The number of nitrogens with zero attached hydrogens (tertiary/aromatic N) is 2. The number of methoxy groups -OCH3 is 2. The Morgan fingerprint density at radius 3 is 2.58 bits per heavy atom. The van der Waals surface area contributed by atoms with E-state index in [0.717, 1.165) is 0 Å². The van der Waals surface area contributed by atoms with Crippen molar-refractivity contribution in [2.75, 3.05) is 20.8 Å². The van der Waals surface area contributed by atoms with Crippen LogP contribution in [0, 0.1) is 10.1 Å². The van der Waals surface area contributed by atoms with Crippen LogP contribution >= 0.6 is 0 Å². The van der Waals surface area contributed by atoms with Gasteiger partial charge >= 0.3 is 6.03 Å². The summed E-state index contributed by atoms with van der Waals surface area (Å²) in [5, 5.41) is 14.1. The molecule has 1 aromatic rings. The van der Waals surface area contributed by atoms with Gasteiger partial charge in [0.25, 0.3) is 5.70 Å². The highest BCUT2D eigenvalue weighted by Crippen LogP contribution is 2.37. The maximum absolute atomic E-state index is 12.3. The van der Waals surface area contributed by atoms with Gasteiger partial charge in [-0.1, -0.05) is 12.1 Å². The quantitative estimate of drug-likeness (QED) is 0.490. The number of nitro groups is 1. The van der Waals surface area contributed by atoms with Crippen LogP contribution in [0.1, 0.15) is 18.5 Å². The molecule has 0 radical (unpaired) electrons. The molecule has 128 valence electrons.